The molecule has 20 nitrogen and oxygen atoms in total. The smallest absolute Gasteiger partial charge is 0.289 e. The SMILES string of the molecule is O=[N+]([O-])c1ccccc1S(=O)(=O)N1CCCC(F)CCCN(S(=O)(=O)c2ccccc2[N+](=O)[O-])CCN(Cc2ccc(CN(Cc3ccccn3)S(=O)(=O)c3ccccc3[N+](=O)[O-])cc2)CC1. The van der Waals surface area contributed by atoms with Crippen LogP contribution in [-0.4, -0.2) is 108 Å². The number of halogens is 1. The number of benzene rings is 4. The number of hydrogen-bond acceptors (Lipinski definition) is 14. The van der Waals surface area contributed by atoms with E-state index in [1.54, 1.807) is 47.4 Å². The van der Waals surface area contributed by atoms with Gasteiger partial charge in [-0.05, 0) is 67.1 Å². The van der Waals surface area contributed by atoms with Crippen LogP contribution < -0.4 is 0 Å². The Bertz CT molecular complexity index is 2790. The first-order valence-electron chi connectivity index (χ1n) is 20.9. The van der Waals surface area contributed by atoms with Gasteiger partial charge in [-0.2, -0.15) is 12.9 Å². The third-order valence-corrected chi connectivity index (χ3v) is 16.8. The van der Waals surface area contributed by atoms with Crippen LogP contribution in [0.5, 0.6) is 0 Å². The largest absolute Gasteiger partial charge is 0.296 e. The Morgan fingerprint density at radius 3 is 1.45 bits per heavy atom. The number of sulfonamides is 3. The molecule has 67 heavy (non-hydrogen) atoms. The van der Waals surface area contributed by atoms with Gasteiger partial charge in [0.25, 0.3) is 27.1 Å². The second-order valence-electron chi connectivity index (χ2n) is 15.6. The molecule has 1 fully saturated rings. The van der Waals surface area contributed by atoms with Crippen LogP contribution in [0.25, 0.3) is 0 Å². The Morgan fingerprint density at radius 1 is 0.552 bits per heavy atom. The summed E-state index contributed by atoms with van der Waals surface area (Å²) < 4.78 is 103. The lowest BCUT2D eigenvalue weighted by atomic mass is 10.1. The average Bonchev–Trinajstić information content (AvgIpc) is 3.31. The van der Waals surface area contributed by atoms with Gasteiger partial charge in [0, 0.05) is 76.8 Å². The summed E-state index contributed by atoms with van der Waals surface area (Å²) in [5.41, 5.74) is -0.419. The molecule has 0 atom stereocenters. The molecule has 6 rings (SSSR count). The summed E-state index contributed by atoms with van der Waals surface area (Å²) in [6.45, 7) is -1.40. The highest BCUT2D eigenvalue weighted by molar-refractivity contribution is 7.89. The monoisotopic (exact) mass is 982 g/mol. The van der Waals surface area contributed by atoms with Crippen molar-refractivity contribution in [2.24, 2.45) is 0 Å². The van der Waals surface area contributed by atoms with Crippen molar-refractivity contribution < 1.29 is 44.4 Å². The van der Waals surface area contributed by atoms with E-state index in [9.17, 15) is 55.6 Å². The molecule has 1 aliphatic rings. The molecule has 0 aliphatic carbocycles. The van der Waals surface area contributed by atoms with Gasteiger partial charge in [-0.15, -0.1) is 0 Å². The van der Waals surface area contributed by atoms with Crippen LogP contribution in [-0.2, 0) is 49.7 Å². The number of pyridine rings is 1. The van der Waals surface area contributed by atoms with E-state index in [4.69, 9.17) is 0 Å². The van der Waals surface area contributed by atoms with E-state index in [0.29, 0.717) is 16.8 Å². The Kier molecular flexibility index (Phi) is 16.6. The third kappa shape index (κ3) is 12.4. The highest BCUT2D eigenvalue weighted by atomic mass is 32.2. The maximum absolute atomic E-state index is 15.3. The lowest BCUT2D eigenvalue weighted by Gasteiger charge is -2.30. The van der Waals surface area contributed by atoms with Crippen LogP contribution in [0.2, 0.25) is 0 Å². The Hall–Kier alpha value is -6.15. The molecule has 0 bridgehead atoms. The Labute approximate surface area is 386 Å². The molecule has 356 valence electrons. The molecule has 24 heteroatoms. The molecule has 0 unspecified atom stereocenters. The van der Waals surface area contributed by atoms with E-state index in [1.165, 1.54) is 42.6 Å². The molecule has 1 saturated heterocycles. The van der Waals surface area contributed by atoms with E-state index in [2.05, 4.69) is 4.98 Å². The molecule has 0 radical (unpaired) electrons. The molecular formula is C43H47FN8O12S3. The predicted molar refractivity (Wildman–Crippen MR) is 243 cm³/mol. The zero-order valence-electron chi connectivity index (χ0n) is 35.9. The molecule has 5 aromatic rings. The highest BCUT2D eigenvalue weighted by Crippen LogP contribution is 2.31. The number of para-hydroxylation sites is 3. The summed E-state index contributed by atoms with van der Waals surface area (Å²) in [4.78, 5) is 37.7. The number of nitro groups is 3. The first-order valence-corrected chi connectivity index (χ1v) is 25.3. The van der Waals surface area contributed by atoms with Gasteiger partial charge in [0.2, 0.25) is 20.0 Å². The van der Waals surface area contributed by atoms with Crippen molar-refractivity contribution in [3.63, 3.8) is 0 Å². The predicted octanol–water partition coefficient (Wildman–Crippen LogP) is 6.29. The number of aromatic nitrogens is 1. The first-order chi connectivity index (χ1) is 31.9. The van der Waals surface area contributed by atoms with Crippen molar-refractivity contribution >= 4 is 47.1 Å². The van der Waals surface area contributed by atoms with Crippen molar-refractivity contribution in [2.75, 3.05) is 39.3 Å². The topological polar surface area (TPSA) is 258 Å². The van der Waals surface area contributed by atoms with Crippen molar-refractivity contribution in [3.8, 4) is 0 Å². The molecule has 4 aromatic carbocycles. The summed E-state index contributed by atoms with van der Waals surface area (Å²) in [6.07, 6.45) is -0.0955. The second-order valence-corrected chi connectivity index (χ2v) is 21.3. The highest BCUT2D eigenvalue weighted by Gasteiger charge is 2.35. The lowest BCUT2D eigenvalue weighted by molar-refractivity contribution is -0.388. The van der Waals surface area contributed by atoms with E-state index in [0.717, 1.165) is 49.3 Å². The second kappa shape index (κ2) is 22.1. The normalized spacial score (nSPS) is 16.0. The summed E-state index contributed by atoms with van der Waals surface area (Å²) in [6, 6.07) is 26.3. The van der Waals surface area contributed by atoms with E-state index in [1.807, 2.05) is 0 Å². The fraction of sp³-hybridized carbons (Fsp3) is 0.326. The molecular weight excluding hydrogens is 936 g/mol. The maximum atomic E-state index is 15.3. The van der Waals surface area contributed by atoms with Crippen molar-refractivity contribution in [1.82, 2.24) is 22.8 Å². The summed E-state index contributed by atoms with van der Waals surface area (Å²) >= 11 is 0. The number of nitro benzene ring substituents is 3. The van der Waals surface area contributed by atoms with Crippen molar-refractivity contribution in [1.29, 1.82) is 0 Å². The van der Waals surface area contributed by atoms with Crippen LogP contribution in [0.15, 0.2) is 136 Å². The maximum Gasteiger partial charge on any atom is 0.289 e. The quantitative estimate of drug-likeness (QED) is 0.0825. The zero-order valence-corrected chi connectivity index (χ0v) is 38.3. The van der Waals surface area contributed by atoms with Crippen LogP contribution in [0.4, 0.5) is 21.5 Å². The average molecular weight is 983 g/mol. The lowest BCUT2D eigenvalue weighted by Crippen LogP contribution is -2.43. The third-order valence-electron chi connectivity index (χ3n) is 11.1. The molecule has 0 saturated carbocycles. The molecule has 2 heterocycles. The van der Waals surface area contributed by atoms with Gasteiger partial charge in [-0.3, -0.25) is 40.2 Å². The minimum absolute atomic E-state index is 0.0331. The number of alkyl halides is 1. The fourth-order valence-corrected chi connectivity index (χ4v) is 12.4. The number of hydrogen-bond donors (Lipinski definition) is 0. The summed E-state index contributed by atoms with van der Waals surface area (Å²) in [5, 5.41) is 35.7. The minimum Gasteiger partial charge on any atom is -0.296 e. The number of rotatable bonds is 15. The zero-order chi connectivity index (χ0) is 48.4. The van der Waals surface area contributed by atoms with Gasteiger partial charge >= 0.3 is 0 Å². The molecule has 0 amide bonds. The van der Waals surface area contributed by atoms with Gasteiger partial charge < -0.3 is 0 Å². The van der Waals surface area contributed by atoms with E-state index in [-0.39, 0.29) is 84.6 Å². The van der Waals surface area contributed by atoms with Crippen LogP contribution >= 0.6 is 0 Å². The molecule has 1 aromatic heterocycles. The minimum atomic E-state index is -4.54. The Morgan fingerprint density at radius 2 is 0.985 bits per heavy atom. The first kappa shape index (κ1) is 50.3. The van der Waals surface area contributed by atoms with Crippen LogP contribution in [0.1, 0.15) is 42.5 Å². The molecule has 1 aliphatic heterocycles. The fourth-order valence-electron chi connectivity index (χ4n) is 7.61. The van der Waals surface area contributed by atoms with Gasteiger partial charge in [0.1, 0.15) is 6.17 Å². The van der Waals surface area contributed by atoms with Crippen LogP contribution in [0.3, 0.4) is 0 Å². The Balaban J connectivity index is 1.33. The van der Waals surface area contributed by atoms with Crippen molar-refractivity contribution in [3.05, 3.63) is 169 Å². The van der Waals surface area contributed by atoms with E-state index < -0.39 is 82.8 Å². The van der Waals surface area contributed by atoms with E-state index >= 15 is 4.39 Å². The summed E-state index contributed by atoms with van der Waals surface area (Å²) in [5.74, 6) is 0. The standard InChI is InChI=1S/C43H47FN8O12S3/c44-36-11-9-25-47(65(59,60)41-17-4-1-14-38(41)50(53)54)29-27-46(28-30-48(26-10-12-36)66(61,62)42-18-5-2-15-39(42)51(55)56)31-34-20-22-35(23-21-34)32-49(33-37-13-7-8-24-45-37)67(63,64)43-19-6-3-16-40(43)52(57)58/h1-8,13-24,36H,9-12,25-33H2. The summed E-state index contributed by atoms with van der Waals surface area (Å²) in [7, 11) is -13.6. The molecule has 0 N–H and O–H groups in total. The van der Waals surface area contributed by atoms with Gasteiger partial charge in [0.15, 0.2) is 14.7 Å². The van der Waals surface area contributed by atoms with Gasteiger partial charge in [-0.1, -0.05) is 66.7 Å². The molecule has 0 spiro atoms. The van der Waals surface area contributed by atoms with Gasteiger partial charge in [0.05, 0.1) is 27.0 Å². The number of nitrogens with zero attached hydrogens (tertiary/aromatic N) is 8. The van der Waals surface area contributed by atoms with Crippen LogP contribution in [0, 0.1) is 30.3 Å². The van der Waals surface area contributed by atoms with Gasteiger partial charge in [-0.25, -0.2) is 29.6 Å². The van der Waals surface area contributed by atoms with Crippen molar-refractivity contribution in [2.45, 2.75) is 66.2 Å².